The van der Waals surface area contributed by atoms with Gasteiger partial charge < -0.3 is 5.73 Å². The van der Waals surface area contributed by atoms with Gasteiger partial charge in [-0.25, -0.2) is 0 Å². The fraction of sp³-hybridized carbons (Fsp3) is 0.125. The molecule has 0 aliphatic carbocycles. The smallest absolute Gasteiger partial charge is 0.234 e. The maximum Gasteiger partial charge on any atom is 0.234 e. The van der Waals surface area contributed by atoms with E-state index in [9.17, 15) is 4.79 Å². The maximum absolute atomic E-state index is 12.3. The molecule has 5 heteroatoms. The molecule has 108 valence electrons. The van der Waals surface area contributed by atoms with Gasteiger partial charge in [0.2, 0.25) is 5.91 Å². The van der Waals surface area contributed by atoms with Crippen molar-refractivity contribution in [3.63, 3.8) is 0 Å². The second-order valence-corrected chi connectivity index (χ2v) is 5.07. The van der Waals surface area contributed by atoms with Gasteiger partial charge in [-0.1, -0.05) is 60.1 Å². The number of carbonyl (C=O) groups excluding carboxylic acids is 1. The first-order valence-corrected chi connectivity index (χ1v) is 6.89. The van der Waals surface area contributed by atoms with E-state index in [2.05, 4.69) is 5.32 Å². The number of rotatable bonds is 4. The lowest BCUT2D eigenvalue weighted by atomic mass is 9.91. The number of guanidine groups is 1. The standard InChI is InChI=1S/C16H16ClN3O/c17-14-9-5-4-8-12(14)10-13(15(21)20-16(18)19)11-6-2-1-3-7-11/h1-9,13H,10H2,(H4,18,19,20,21)/t13-/m1/s1. The molecule has 0 aliphatic rings. The van der Waals surface area contributed by atoms with Crippen molar-refractivity contribution in [1.29, 1.82) is 5.41 Å². The van der Waals surface area contributed by atoms with E-state index in [1.807, 2.05) is 48.5 Å². The molecule has 21 heavy (non-hydrogen) atoms. The van der Waals surface area contributed by atoms with Gasteiger partial charge in [0.1, 0.15) is 0 Å². The number of hydrogen-bond donors (Lipinski definition) is 3. The highest BCUT2D eigenvalue weighted by atomic mass is 35.5. The van der Waals surface area contributed by atoms with Gasteiger partial charge in [-0.2, -0.15) is 0 Å². The number of hydrogen-bond acceptors (Lipinski definition) is 2. The van der Waals surface area contributed by atoms with Gasteiger partial charge >= 0.3 is 0 Å². The Hall–Kier alpha value is -2.33. The van der Waals surface area contributed by atoms with E-state index in [1.54, 1.807) is 6.07 Å². The van der Waals surface area contributed by atoms with Crippen molar-refractivity contribution in [2.75, 3.05) is 0 Å². The molecule has 0 fully saturated rings. The third kappa shape index (κ3) is 4.07. The second kappa shape index (κ2) is 6.90. The van der Waals surface area contributed by atoms with Crippen molar-refractivity contribution >= 4 is 23.5 Å². The fourth-order valence-corrected chi connectivity index (χ4v) is 2.36. The van der Waals surface area contributed by atoms with E-state index >= 15 is 0 Å². The minimum atomic E-state index is -0.449. The van der Waals surface area contributed by atoms with Crippen molar-refractivity contribution in [1.82, 2.24) is 5.32 Å². The van der Waals surface area contributed by atoms with Crippen molar-refractivity contribution in [3.05, 3.63) is 70.7 Å². The highest BCUT2D eigenvalue weighted by Crippen LogP contribution is 2.25. The first-order valence-electron chi connectivity index (χ1n) is 6.51. The summed E-state index contributed by atoms with van der Waals surface area (Å²) in [7, 11) is 0. The minimum Gasteiger partial charge on any atom is -0.370 e. The summed E-state index contributed by atoms with van der Waals surface area (Å²) in [5.41, 5.74) is 7.00. The zero-order chi connectivity index (χ0) is 15.2. The molecule has 0 saturated heterocycles. The SMILES string of the molecule is N=C(N)NC(=O)[C@H](Cc1ccccc1Cl)c1ccccc1. The monoisotopic (exact) mass is 301 g/mol. The van der Waals surface area contributed by atoms with Gasteiger partial charge in [0.05, 0.1) is 5.92 Å². The highest BCUT2D eigenvalue weighted by molar-refractivity contribution is 6.31. The molecule has 0 unspecified atom stereocenters. The molecule has 0 spiro atoms. The molecule has 4 nitrogen and oxygen atoms in total. The van der Waals surface area contributed by atoms with Crippen molar-refractivity contribution in [3.8, 4) is 0 Å². The maximum atomic E-state index is 12.3. The summed E-state index contributed by atoms with van der Waals surface area (Å²) >= 11 is 6.17. The van der Waals surface area contributed by atoms with E-state index in [0.717, 1.165) is 11.1 Å². The van der Waals surface area contributed by atoms with Crippen LogP contribution in [0.25, 0.3) is 0 Å². The number of benzene rings is 2. The van der Waals surface area contributed by atoms with Gasteiger partial charge in [-0.05, 0) is 23.6 Å². The quantitative estimate of drug-likeness (QED) is 0.599. The van der Waals surface area contributed by atoms with Crippen LogP contribution in [0.4, 0.5) is 0 Å². The van der Waals surface area contributed by atoms with Gasteiger partial charge in [-0.3, -0.25) is 15.5 Å². The van der Waals surface area contributed by atoms with Crippen molar-refractivity contribution < 1.29 is 4.79 Å². The molecule has 4 N–H and O–H groups in total. The Kier molecular flexibility index (Phi) is 4.95. The Morgan fingerprint density at radius 1 is 1.14 bits per heavy atom. The summed E-state index contributed by atoms with van der Waals surface area (Å²) in [5.74, 6) is -1.12. The third-order valence-electron chi connectivity index (χ3n) is 3.16. The molecular weight excluding hydrogens is 286 g/mol. The van der Waals surface area contributed by atoms with Crippen LogP contribution in [-0.4, -0.2) is 11.9 Å². The molecular formula is C16H16ClN3O. The summed E-state index contributed by atoms with van der Waals surface area (Å²) in [6.45, 7) is 0. The van der Waals surface area contributed by atoms with Crippen LogP contribution >= 0.6 is 11.6 Å². The van der Waals surface area contributed by atoms with Crippen LogP contribution in [0.3, 0.4) is 0 Å². The van der Waals surface area contributed by atoms with Gasteiger partial charge in [-0.15, -0.1) is 0 Å². The predicted molar refractivity (Wildman–Crippen MR) is 84.4 cm³/mol. The normalized spacial score (nSPS) is 11.7. The summed E-state index contributed by atoms with van der Waals surface area (Å²) < 4.78 is 0. The topological polar surface area (TPSA) is 79.0 Å². The Balaban J connectivity index is 2.30. The average Bonchev–Trinajstić information content (AvgIpc) is 2.46. The van der Waals surface area contributed by atoms with Crippen LogP contribution in [-0.2, 0) is 11.2 Å². The Labute approximate surface area is 128 Å². The molecule has 0 heterocycles. The van der Waals surface area contributed by atoms with E-state index < -0.39 is 5.92 Å². The first kappa shape index (κ1) is 15.1. The molecule has 0 saturated carbocycles. The Morgan fingerprint density at radius 3 is 2.38 bits per heavy atom. The molecule has 0 aromatic heterocycles. The molecule has 1 amide bonds. The number of carbonyl (C=O) groups is 1. The van der Waals surface area contributed by atoms with Crippen LogP contribution in [0.1, 0.15) is 17.0 Å². The predicted octanol–water partition coefficient (Wildman–Crippen LogP) is 2.68. The first-order chi connectivity index (χ1) is 10.1. The number of halogens is 1. The number of nitrogens with one attached hydrogen (secondary N) is 2. The van der Waals surface area contributed by atoms with E-state index in [1.165, 1.54) is 0 Å². The third-order valence-corrected chi connectivity index (χ3v) is 3.53. The second-order valence-electron chi connectivity index (χ2n) is 4.66. The van der Waals surface area contributed by atoms with Crippen molar-refractivity contribution in [2.24, 2.45) is 5.73 Å². The van der Waals surface area contributed by atoms with Crippen LogP contribution in [0.5, 0.6) is 0 Å². The Morgan fingerprint density at radius 2 is 1.76 bits per heavy atom. The largest absolute Gasteiger partial charge is 0.370 e. The number of nitrogens with two attached hydrogens (primary N) is 1. The fourth-order valence-electron chi connectivity index (χ4n) is 2.15. The lowest BCUT2D eigenvalue weighted by Crippen LogP contribution is -2.39. The summed E-state index contributed by atoms with van der Waals surface area (Å²) in [5, 5.41) is 10.2. The molecule has 1 atom stereocenters. The molecule has 2 aromatic carbocycles. The molecule has 0 bridgehead atoms. The van der Waals surface area contributed by atoms with E-state index in [-0.39, 0.29) is 11.9 Å². The average molecular weight is 302 g/mol. The lowest BCUT2D eigenvalue weighted by Gasteiger charge is -2.17. The highest BCUT2D eigenvalue weighted by Gasteiger charge is 2.22. The molecule has 2 aromatic rings. The van der Waals surface area contributed by atoms with Crippen LogP contribution in [0, 0.1) is 5.41 Å². The lowest BCUT2D eigenvalue weighted by molar-refractivity contribution is -0.121. The van der Waals surface area contributed by atoms with E-state index in [4.69, 9.17) is 22.7 Å². The summed E-state index contributed by atoms with van der Waals surface area (Å²) in [6.07, 6.45) is 0.447. The van der Waals surface area contributed by atoms with Gasteiger partial charge in [0, 0.05) is 5.02 Å². The zero-order valence-electron chi connectivity index (χ0n) is 11.3. The number of amides is 1. The Bertz CT molecular complexity index is 643. The van der Waals surface area contributed by atoms with Gasteiger partial charge in [0.15, 0.2) is 5.96 Å². The summed E-state index contributed by atoms with van der Waals surface area (Å²) in [4.78, 5) is 12.3. The minimum absolute atomic E-state index is 0.311. The van der Waals surface area contributed by atoms with Crippen LogP contribution in [0.15, 0.2) is 54.6 Å². The van der Waals surface area contributed by atoms with Crippen molar-refractivity contribution in [2.45, 2.75) is 12.3 Å². The van der Waals surface area contributed by atoms with Crippen LogP contribution in [0.2, 0.25) is 5.02 Å². The van der Waals surface area contributed by atoms with Crippen LogP contribution < -0.4 is 11.1 Å². The zero-order valence-corrected chi connectivity index (χ0v) is 12.1. The molecule has 0 aliphatic heterocycles. The summed E-state index contributed by atoms with van der Waals surface area (Å²) in [6, 6.07) is 16.8. The van der Waals surface area contributed by atoms with Gasteiger partial charge in [0.25, 0.3) is 0 Å². The molecule has 2 rings (SSSR count). The van der Waals surface area contributed by atoms with E-state index in [0.29, 0.717) is 11.4 Å². The molecule has 0 radical (unpaired) electrons.